The van der Waals surface area contributed by atoms with Crippen molar-refractivity contribution in [3.05, 3.63) is 0 Å². The first-order valence-electron chi connectivity index (χ1n) is 5.77. The monoisotopic (exact) mass is 198 g/mol. The first-order chi connectivity index (χ1) is 6.81. The highest BCUT2D eigenvalue weighted by atomic mass is 16.5. The zero-order valence-corrected chi connectivity index (χ0v) is 9.25. The minimum atomic E-state index is 0.555. The molecule has 1 aliphatic carbocycles. The Morgan fingerprint density at radius 2 is 1.93 bits per heavy atom. The van der Waals surface area contributed by atoms with Gasteiger partial charge in [-0.25, -0.2) is 0 Å². The van der Waals surface area contributed by atoms with Crippen LogP contribution in [0.4, 0.5) is 0 Å². The molecule has 0 aromatic carbocycles. The molecule has 1 aliphatic heterocycles. The van der Waals surface area contributed by atoms with Gasteiger partial charge >= 0.3 is 0 Å². The summed E-state index contributed by atoms with van der Waals surface area (Å²) in [6.07, 6.45) is 1.42. The quantitative estimate of drug-likeness (QED) is 0.673. The molecule has 1 saturated heterocycles. The second-order valence-electron chi connectivity index (χ2n) is 4.82. The molecule has 0 aromatic heterocycles. The van der Waals surface area contributed by atoms with Crippen LogP contribution >= 0.6 is 0 Å². The van der Waals surface area contributed by atoms with Crippen molar-refractivity contribution in [2.24, 2.45) is 17.8 Å². The van der Waals surface area contributed by atoms with Gasteiger partial charge < -0.3 is 15.4 Å². The van der Waals surface area contributed by atoms with Gasteiger partial charge in [0.15, 0.2) is 0 Å². The third-order valence-corrected chi connectivity index (χ3v) is 3.66. The van der Waals surface area contributed by atoms with Crippen molar-refractivity contribution < 1.29 is 4.74 Å². The van der Waals surface area contributed by atoms with E-state index in [0.29, 0.717) is 12.0 Å². The molecule has 82 valence electrons. The van der Waals surface area contributed by atoms with Crippen molar-refractivity contribution >= 4 is 0 Å². The molecule has 0 amide bonds. The van der Waals surface area contributed by atoms with Crippen molar-refractivity contribution in [1.29, 1.82) is 0 Å². The highest BCUT2D eigenvalue weighted by Gasteiger charge is 2.32. The van der Waals surface area contributed by atoms with Crippen LogP contribution in [0.2, 0.25) is 0 Å². The number of likely N-dealkylation sites (N-methyl/N-ethyl adjacent to an activating group) is 1. The van der Waals surface area contributed by atoms with Crippen LogP contribution in [0.15, 0.2) is 0 Å². The Bertz CT molecular complexity index is 186. The van der Waals surface area contributed by atoms with Crippen molar-refractivity contribution in [1.82, 2.24) is 10.6 Å². The molecule has 4 atom stereocenters. The molecule has 0 aromatic rings. The lowest BCUT2D eigenvalue weighted by molar-refractivity contribution is 0.182. The first kappa shape index (κ1) is 10.4. The number of rotatable bonds is 5. The summed E-state index contributed by atoms with van der Waals surface area (Å²) in [5.74, 6) is 2.57. The Morgan fingerprint density at radius 3 is 2.57 bits per heavy atom. The summed E-state index contributed by atoms with van der Waals surface area (Å²) in [4.78, 5) is 0. The fourth-order valence-corrected chi connectivity index (χ4v) is 2.26. The molecule has 14 heavy (non-hydrogen) atoms. The van der Waals surface area contributed by atoms with Gasteiger partial charge in [0.05, 0.1) is 13.2 Å². The maximum absolute atomic E-state index is 5.45. The molecule has 1 saturated carbocycles. The van der Waals surface area contributed by atoms with Gasteiger partial charge in [-0.3, -0.25) is 0 Å². The van der Waals surface area contributed by atoms with Gasteiger partial charge in [-0.2, -0.15) is 0 Å². The predicted octanol–water partition coefficient (Wildman–Crippen LogP) is 0.466. The lowest BCUT2D eigenvalue weighted by Crippen LogP contribution is -2.38. The molecule has 0 radical (unpaired) electrons. The topological polar surface area (TPSA) is 33.3 Å². The van der Waals surface area contributed by atoms with E-state index in [9.17, 15) is 0 Å². The highest BCUT2D eigenvalue weighted by molar-refractivity contribution is 4.86. The SMILES string of the molecule is CNC1COCC1CNCC1CC1C. The molecule has 2 fully saturated rings. The summed E-state index contributed by atoms with van der Waals surface area (Å²) in [5.41, 5.74) is 0. The predicted molar refractivity (Wildman–Crippen MR) is 57.3 cm³/mol. The first-order valence-corrected chi connectivity index (χ1v) is 5.77. The van der Waals surface area contributed by atoms with Crippen molar-refractivity contribution in [3.63, 3.8) is 0 Å². The van der Waals surface area contributed by atoms with Gasteiger partial charge in [-0.05, 0) is 31.8 Å². The smallest absolute Gasteiger partial charge is 0.0623 e. The fraction of sp³-hybridized carbons (Fsp3) is 1.00. The number of hydrogen-bond acceptors (Lipinski definition) is 3. The Kier molecular flexibility index (Phi) is 3.42. The summed E-state index contributed by atoms with van der Waals surface area (Å²) in [6, 6.07) is 0.555. The van der Waals surface area contributed by atoms with Crippen LogP contribution in [0.25, 0.3) is 0 Å². The maximum atomic E-state index is 5.45. The summed E-state index contributed by atoms with van der Waals surface area (Å²) in [6.45, 7) is 6.44. The number of nitrogens with one attached hydrogen (secondary N) is 2. The van der Waals surface area contributed by atoms with E-state index in [-0.39, 0.29) is 0 Å². The van der Waals surface area contributed by atoms with Crippen LogP contribution in [0.5, 0.6) is 0 Å². The van der Waals surface area contributed by atoms with E-state index in [1.165, 1.54) is 13.0 Å². The second kappa shape index (κ2) is 4.60. The lowest BCUT2D eigenvalue weighted by Gasteiger charge is -2.17. The summed E-state index contributed by atoms with van der Waals surface area (Å²) in [5, 5.41) is 6.88. The molecule has 0 spiro atoms. The maximum Gasteiger partial charge on any atom is 0.0623 e. The Balaban J connectivity index is 1.60. The van der Waals surface area contributed by atoms with Crippen molar-refractivity contribution in [3.8, 4) is 0 Å². The van der Waals surface area contributed by atoms with E-state index >= 15 is 0 Å². The molecule has 0 bridgehead atoms. The molecular weight excluding hydrogens is 176 g/mol. The van der Waals surface area contributed by atoms with Crippen LogP contribution in [0.1, 0.15) is 13.3 Å². The van der Waals surface area contributed by atoms with Gasteiger partial charge in [-0.15, -0.1) is 0 Å². The number of ether oxygens (including phenoxy) is 1. The van der Waals surface area contributed by atoms with E-state index in [4.69, 9.17) is 4.74 Å². The van der Waals surface area contributed by atoms with Crippen LogP contribution in [0, 0.1) is 17.8 Å². The second-order valence-corrected chi connectivity index (χ2v) is 4.82. The average Bonchev–Trinajstić information content (AvgIpc) is 2.72. The molecular formula is C11H22N2O. The van der Waals surface area contributed by atoms with Gasteiger partial charge in [-0.1, -0.05) is 6.92 Å². The Labute approximate surface area is 86.6 Å². The van der Waals surface area contributed by atoms with E-state index < -0.39 is 0 Å². The summed E-state index contributed by atoms with van der Waals surface area (Å²) in [7, 11) is 2.02. The number of hydrogen-bond donors (Lipinski definition) is 2. The highest BCUT2D eigenvalue weighted by Crippen LogP contribution is 2.36. The van der Waals surface area contributed by atoms with E-state index in [2.05, 4.69) is 17.6 Å². The molecule has 4 unspecified atom stereocenters. The van der Waals surface area contributed by atoms with E-state index in [1.54, 1.807) is 0 Å². The standard InChI is InChI=1S/C11H22N2O/c1-8-3-9(8)4-13-5-10-6-14-7-11(10)12-2/h8-13H,3-7H2,1-2H3. The fourth-order valence-electron chi connectivity index (χ4n) is 2.26. The molecule has 3 heteroatoms. The van der Waals surface area contributed by atoms with E-state index in [0.717, 1.165) is 31.6 Å². The summed E-state index contributed by atoms with van der Waals surface area (Å²) < 4.78 is 5.45. The van der Waals surface area contributed by atoms with Crippen molar-refractivity contribution in [2.45, 2.75) is 19.4 Å². The van der Waals surface area contributed by atoms with Gasteiger partial charge in [0.2, 0.25) is 0 Å². The zero-order chi connectivity index (χ0) is 9.97. The molecule has 2 aliphatic rings. The minimum absolute atomic E-state index is 0.555. The van der Waals surface area contributed by atoms with Gasteiger partial charge in [0.25, 0.3) is 0 Å². The Hall–Kier alpha value is -0.120. The minimum Gasteiger partial charge on any atom is -0.379 e. The molecule has 3 nitrogen and oxygen atoms in total. The third-order valence-electron chi connectivity index (χ3n) is 3.66. The van der Waals surface area contributed by atoms with Gasteiger partial charge in [0.1, 0.15) is 0 Å². The lowest BCUT2D eigenvalue weighted by atomic mass is 10.0. The normalized spacial score (nSPS) is 41.6. The van der Waals surface area contributed by atoms with Crippen molar-refractivity contribution in [2.75, 3.05) is 33.4 Å². The molecule has 2 N–H and O–H groups in total. The Morgan fingerprint density at radius 1 is 1.21 bits per heavy atom. The molecule has 2 rings (SSSR count). The van der Waals surface area contributed by atoms with Crippen LogP contribution in [-0.2, 0) is 4.74 Å². The largest absolute Gasteiger partial charge is 0.379 e. The zero-order valence-electron chi connectivity index (χ0n) is 9.25. The molecule has 1 heterocycles. The van der Waals surface area contributed by atoms with Crippen LogP contribution in [-0.4, -0.2) is 39.4 Å². The summed E-state index contributed by atoms with van der Waals surface area (Å²) >= 11 is 0. The van der Waals surface area contributed by atoms with E-state index in [1.807, 2.05) is 7.05 Å². The third kappa shape index (κ3) is 2.47. The van der Waals surface area contributed by atoms with Crippen LogP contribution in [0.3, 0.4) is 0 Å². The van der Waals surface area contributed by atoms with Gasteiger partial charge in [0, 0.05) is 18.5 Å². The average molecular weight is 198 g/mol. The van der Waals surface area contributed by atoms with Crippen LogP contribution < -0.4 is 10.6 Å².